The number of hydrogen-bond acceptors (Lipinski definition) is 5. The predicted molar refractivity (Wildman–Crippen MR) is 117 cm³/mol. The molecule has 31 heavy (non-hydrogen) atoms. The quantitative estimate of drug-likeness (QED) is 0.446. The number of hydrogen-bond donors (Lipinski definition) is 2. The van der Waals surface area contributed by atoms with Crippen molar-refractivity contribution in [2.45, 2.75) is 12.5 Å². The van der Waals surface area contributed by atoms with Crippen molar-refractivity contribution in [3.8, 4) is 11.4 Å². The number of nitrogens with zero attached hydrogens (tertiary/aromatic N) is 5. The van der Waals surface area contributed by atoms with E-state index < -0.39 is 6.04 Å². The van der Waals surface area contributed by atoms with Gasteiger partial charge in [-0.05, 0) is 40.3 Å². The maximum absolute atomic E-state index is 13.2. The molecule has 152 valence electrons. The third-order valence-electron chi connectivity index (χ3n) is 5.05. The number of imidazole rings is 1. The topological polar surface area (TPSA) is 101 Å². The average Bonchev–Trinajstić information content (AvgIpc) is 3.48. The second kappa shape index (κ2) is 8.19. The van der Waals surface area contributed by atoms with Gasteiger partial charge in [0.1, 0.15) is 18.2 Å². The van der Waals surface area contributed by atoms with E-state index in [9.17, 15) is 4.79 Å². The second-order valence-electron chi connectivity index (χ2n) is 7.17. The summed E-state index contributed by atoms with van der Waals surface area (Å²) in [6, 6.07) is 24.7. The second-order valence-corrected chi connectivity index (χ2v) is 7.17. The zero-order valence-electron chi connectivity index (χ0n) is 16.5. The summed E-state index contributed by atoms with van der Waals surface area (Å²) in [5.74, 6) is 0.552. The highest BCUT2D eigenvalue weighted by Gasteiger charge is 2.22. The minimum Gasteiger partial charge on any atom is -0.338 e. The molecule has 1 amide bonds. The molecule has 1 atom stereocenters. The summed E-state index contributed by atoms with van der Waals surface area (Å²) < 4.78 is 1.48. The number of para-hydroxylation sites is 2. The highest BCUT2D eigenvalue weighted by atomic mass is 16.2. The van der Waals surface area contributed by atoms with Crippen LogP contribution in [0.2, 0.25) is 0 Å². The average molecular weight is 409 g/mol. The SMILES string of the molecule is O=C(Nc1cccc(-c2nc3ccccc3[nH]2)c1)C(Cc1ccccc1)n1cnnn1. The number of tetrazole rings is 1. The van der Waals surface area contributed by atoms with Crippen molar-refractivity contribution < 1.29 is 4.79 Å². The standard InChI is InChI=1S/C23H19N7O/c31-23(21(30-15-24-28-29-30)13-16-7-2-1-3-8-16)25-18-10-6-9-17(14-18)22-26-19-11-4-5-12-20(19)27-22/h1-12,14-15,21H,13H2,(H,25,31)(H,26,27). The van der Waals surface area contributed by atoms with Crippen LogP contribution in [0.4, 0.5) is 5.69 Å². The zero-order chi connectivity index (χ0) is 21.0. The van der Waals surface area contributed by atoms with Crippen LogP contribution in [0, 0.1) is 0 Å². The number of rotatable bonds is 6. The van der Waals surface area contributed by atoms with Crippen LogP contribution in [0.25, 0.3) is 22.4 Å². The Morgan fingerprint density at radius 3 is 2.65 bits per heavy atom. The summed E-state index contributed by atoms with van der Waals surface area (Å²) >= 11 is 0. The molecule has 5 rings (SSSR count). The molecule has 8 heteroatoms. The minimum absolute atomic E-state index is 0.196. The van der Waals surface area contributed by atoms with E-state index in [4.69, 9.17) is 0 Å². The molecule has 0 aliphatic carbocycles. The number of carbonyl (C=O) groups is 1. The van der Waals surface area contributed by atoms with Gasteiger partial charge in [0.2, 0.25) is 5.91 Å². The van der Waals surface area contributed by atoms with Crippen LogP contribution in [-0.4, -0.2) is 36.1 Å². The molecule has 0 aliphatic rings. The normalized spacial score (nSPS) is 12.0. The van der Waals surface area contributed by atoms with Gasteiger partial charge < -0.3 is 10.3 Å². The van der Waals surface area contributed by atoms with E-state index in [1.54, 1.807) is 0 Å². The van der Waals surface area contributed by atoms with Crippen LogP contribution in [0.15, 0.2) is 85.2 Å². The van der Waals surface area contributed by atoms with E-state index in [-0.39, 0.29) is 5.91 Å². The Kier molecular flexibility index (Phi) is 4.94. The van der Waals surface area contributed by atoms with Crippen molar-refractivity contribution in [1.82, 2.24) is 30.2 Å². The highest BCUT2D eigenvalue weighted by Crippen LogP contribution is 2.24. The number of benzene rings is 3. The van der Waals surface area contributed by atoms with Gasteiger partial charge in [-0.1, -0.05) is 54.6 Å². The number of amides is 1. The number of aromatic nitrogens is 6. The summed E-state index contributed by atoms with van der Waals surface area (Å²) in [6.45, 7) is 0. The van der Waals surface area contributed by atoms with Crippen molar-refractivity contribution in [1.29, 1.82) is 0 Å². The van der Waals surface area contributed by atoms with Gasteiger partial charge in [-0.15, -0.1) is 5.10 Å². The van der Waals surface area contributed by atoms with Gasteiger partial charge in [0, 0.05) is 17.7 Å². The summed E-state index contributed by atoms with van der Waals surface area (Å²) in [5, 5.41) is 14.3. The molecule has 0 aliphatic heterocycles. The molecule has 2 aromatic heterocycles. The summed E-state index contributed by atoms with van der Waals surface area (Å²) in [7, 11) is 0. The first-order valence-electron chi connectivity index (χ1n) is 9.89. The third-order valence-corrected chi connectivity index (χ3v) is 5.05. The smallest absolute Gasteiger partial charge is 0.249 e. The van der Waals surface area contributed by atoms with E-state index in [0.29, 0.717) is 12.1 Å². The Labute approximate surface area is 178 Å². The molecular weight excluding hydrogens is 390 g/mol. The Morgan fingerprint density at radius 2 is 1.84 bits per heavy atom. The van der Waals surface area contributed by atoms with Gasteiger partial charge in [0.05, 0.1) is 11.0 Å². The highest BCUT2D eigenvalue weighted by molar-refractivity contribution is 5.94. The third kappa shape index (κ3) is 4.04. The maximum Gasteiger partial charge on any atom is 0.249 e. The number of anilines is 1. The van der Waals surface area contributed by atoms with Gasteiger partial charge in [-0.25, -0.2) is 9.67 Å². The van der Waals surface area contributed by atoms with Crippen molar-refractivity contribution in [3.05, 3.63) is 90.8 Å². The number of fused-ring (bicyclic) bond motifs is 1. The lowest BCUT2D eigenvalue weighted by molar-refractivity contribution is -0.119. The van der Waals surface area contributed by atoms with Crippen LogP contribution < -0.4 is 5.32 Å². The summed E-state index contributed by atoms with van der Waals surface area (Å²) in [5.41, 5.74) is 4.45. The maximum atomic E-state index is 13.2. The minimum atomic E-state index is -0.577. The van der Waals surface area contributed by atoms with E-state index in [2.05, 4.69) is 30.8 Å². The fourth-order valence-corrected chi connectivity index (χ4v) is 3.51. The van der Waals surface area contributed by atoms with Gasteiger partial charge in [0.15, 0.2) is 0 Å². The summed E-state index contributed by atoms with van der Waals surface area (Å²) in [4.78, 5) is 21.1. The number of carbonyl (C=O) groups excluding carboxylic acids is 1. The molecule has 3 aromatic carbocycles. The largest absolute Gasteiger partial charge is 0.338 e. The Hall–Kier alpha value is -4.33. The van der Waals surface area contributed by atoms with Crippen molar-refractivity contribution in [3.63, 3.8) is 0 Å². The van der Waals surface area contributed by atoms with Crippen LogP contribution in [0.1, 0.15) is 11.6 Å². The number of H-pyrrole nitrogens is 1. The molecule has 0 saturated carbocycles. The molecule has 2 heterocycles. The summed E-state index contributed by atoms with van der Waals surface area (Å²) in [6.07, 6.45) is 1.93. The number of aromatic amines is 1. The molecule has 8 nitrogen and oxygen atoms in total. The lowest BCUT2D eigenvalue weighted by Crippen LogP contribution is -2.28. The van der Waals surface area contributed by atoms with Gasteiger partial charge in [-0.3, -0.25) is 4.79 Å². The monoisotopic (exact) mass is 409 g/mol. The molecule has 5 aromatic rings. The van der Waals surface area contributed by atoms with Crippen LogP contribution in [-0.2, 0) is 11.2 Å². The van der Waals surface area contributed by atoms with Crippen molar-refractivity contribution in [2.75, 3.05) is 5.32 Å². The van der Waals surface area contributed by atoms with Crippen LogP contribution >= 0.6 is 0 Å². The molecule has 0 bridgehead atoms. The first-order chi connectivity index (χ1) is 15.3. The molecule has 0 radical (unpaired) electrons. The molecule has 0 spiro atoms. The number of nitrogens with one attached hydrogen (secondary N) is 2. The Bertz CT molecular complexity index is 1280. The predicted octanol–water partition coefficient (Wildman–Crippen LogP) is 3.64. The van der Waals surface area contributed by atoms with Crippen molar-refractivity contribution in [2.24, 2.45) is 0 Å². The lowest BCUT2D eigenvalue weighted by atomic mass is 10.1. The van der Waals surface area contributed by atoms with Gasteiger partial charge in [0.25, 0.3) is 0 Å². The van der Waals surface area contributed by atoms with Crippen molar-refractivity contribution >= 4 is 22.6 Å². The van der Waals surface area contributed by atoms with Crippen LogP contribution in [0.5, 0.6) is 0 Å². The van der Waals surface area contributed by atoms with Crippen LogP contribution in [0.3, 0.4) is 0 Å². The fraction of sp³-hybridized carbons (Fsp3) is 0.0870. The van der Waals surface area contributed by atoms with E-state index in [1.807, 2.05) is 78.9 Å². The molecule has 0 fully saturated rings. The Balaban J connectivity index is 1.40. The van der Waals surface area contributed by atoms with Gasteiger partial charge >= 0.3 is 0 Å². The molecule has 1 unspecified atom stereocenters. The lowest BCUT2D eigenvalue weighted by Gasteiger charge is -2.16. The van der Waals surface area contributed by atoms with E-state index in [1.165, 1.54) is 11.0 Å². The molecule has 0 saturated heterocycles. The van der Waals surface area contributed by atoms with E-state index >= 15 is 0 Å². The van der Waals surface area contributed by atoms with Gasteiger partial charge in [-0.2, -0.15) is 0 Å². The molecular formula is C23H19N7O. The fourth-order valence-electron chi connectivity index (χ4n) is 3.51. The Morgan fingerprint density at radius 1 is 1.00 bits per heavy atom. The van der Waals surface area contributed by atoms with E-state index in [0.717, 1.165) is 28.0 Å². The first kappa shape index (κ1) is 18.7. The first-order valence-corrected chi connectivity index (χ1v) is 9.89. The zero-order valence-corrected chi connectivity index (χ0v) is 16.5. The molecule has 2 N–H and O–H groups in total.